The van der Waals surface area contributed by atoms with Crippen LogP contribution in [-0.2, 0) is 11.5 Å². The molecule has 1 aromatic carbocycles. The van der Waals surface area contributed by atoms with Gasteiger partial charge in [0.15, 0.2) is 0 Å². The van der Waals surface area contributed by atoms with Crippen molar-refractivity contribution in [2.45, 2.75) is 11.5 Å². The van der Waals surface area contributed by atoms with E-state index in [1.807, 2.05) is 0 Å². The lowest BCUT2D eigenvalue weighted by Crippen LogP contribution is -2.07. The normalized spacial score (nSPS) is 11.6. The maximum atomic E-state index is 12.4. The van der Waals surface area contributed by atoms with Gasteiger partial charge in [-0.05, 0) is 11.6 Å². The van der Waals surface area contributed by atoms with Gasteiger partial charge in [0.2, 0.25) is 0 Å². The molecule has 0 aliphatic heterocycles. The summed E-state index contributed by atoms with van der Waals surface area (Å²) < 4.78 is 37.2. The third-order valence-electron chi connectivity index (χ3n) is 1.80. The molecule has 16 heavy (non-hydrogen) atoms. The van der Waals surface area contributed by atoms with Crippen molar-refractivity contribution in [2.75, 3.05) is 0 Å². The number of hydrogen-bond acceptors (Lipinski definition) is 2. The third-order valence-corrected chi connectivity index (χ3v) is 2.84. The van der Waals surface area contributed by atoms with Gasteiger partial charge in [0, 0.05) is 11.4 Å². The van der Waals surface area contributed by atoms with Crippen LogP contribution >= 0.6 is 27.5 Å². The van der Waals surface area contributed by atoms with E-state index in [4.69, 9.17) is 11.6 Å². The molecule has 3 nitrogen and oxygen atoms in total. The molecule has 0 radical (unpaired) electrons. The number of nitro groups is 1. The summed E-state index contributed by atoms with van der Waals surface area (Å²) in [6.45, 7) is 0. The number of nitro benzene ring substituents is 1. The van der Waals surface area contributed by atoms with Crippen molar-refractivity contribution in [3.8, 4) is 0 Å². The summed E-state index contributed by atoms with van der Waals surface area (Å²) in [6.07, 6.45) is -4.63. The maximum absolute atomic E-state index is 12.4. The maximum Gasteiger partial charge on any atom is 0.416 e. The van der Waals surface area contributed by atoms with Crippen LogP contribution in [0.4, 0.5) is 18.9 Å². The largest absolute Gasteiger partial charge is 0.416 e. The highest BCUT2D eigenvalue weighted by atomic mass is 79.9. The molecule has 0 N–H and O–H groups in total. The minimum Gasteiger partial charge on any atom is -0.258 e. The highest BCUT2D eigenvalue weighted by molar-refractivity contribution is 9.08. The van der Waals surface area contributed by atoms with Crippen LogP contribution in [0.25, 0.3) is 0 Å². The summed E-state index contributed by atoms with van der Waals surface area (Å²) >= 11 is 8.51. The van der Waals surface area contributed by atoms with Gasteiger partial charge < -0.3 is 0 Å². The SMILES string of the molecule is O=[N+]([O-])c1cc(C(F)(F)F)cc(CBr)c1Cl. The topological polar surface area (TPSA) is 43.1 Å². The average Bonchev–Trinajstić information content (AvgIpc) is 2.15. The van der Waals surface area contributed by atoms with E-state index in [-0.39, 0.29) is 15.9 Å². The molecule has 0 aliphatic carbocycles. The molecule has 0 aromatic heterocycles. The lowest BCUT2D eigenvalue weighted by atomic mass is 10.1. The molecule has 0 heterocycles. The molecule has 0 saturated carbocycles. The van der Waals surface area contributed by atoms with E-state index in [1.165, 1.54) is 0 Å². The number of nitrogens with zero attached hydrogens (tertiary/aromatic N) is 1. The molecule has 0 aliphatic rings. The first-order valence-corrected chi connectivity index (χ1v) is 5.37. The van der Waals surface area contributed by atoms with Crippen molar-refractivity contribution in [1.82, 2.24) is 0 Å². The number of alkyl halides is 4. The van der Waals surface area contributed by atoms with Gasteiger partial charge in [0.05, 0.1) is 10.5 Å². The smallest absolute Gasteiger partial charge is 0.258 e. The lowest BCUT2D eigenvalue weighted by molar-refractivity contribution is -0.385. The summed E-state index contributed by atoms with van der Waals surface area (Å²) in [7, 11) is 0. The fourth-order valence-corrected chi connectivity index (χ4v) is 1.91. The predicted octanol–water partition coefficient (Wildman–Crippen LogP) is 4.16. The van der Waals surface area contributed by atoms with E-state index in [0.29, 0.717) is 6.07 Å². The zero-order chi connectivity index (χ0) is 12.5. The van der Waals surface area contributed by atoms with E-state index in [0.717, 1.165) is 6.07 Å². The Morgan fingerprint density at radius 3 is 2.38 bits per heavy atom. The molecule has 0 unspecified atom stereocenters. The molecule has 8 heteroatoms. The van der Waals surface area contributed by atoms with E-state index in [2.05, 4.69) is 15.9 Å². The summed E-state index contributed by atoms with van der Waals surface area (Å²) in [5, 5.41) is 10.2. The quantitative estimate of drug-likeness (QED) is 0.467. The van der Waals surface area contributed by atoms with E-state index in [9.17, 15) is 23.3 Å². The van der Waals surface area contributed by atoms with Gasteiger partial charge in [-0.15, -0.1) is 0 Å². The van der Waals surface area contributed by atoms with Gasteiger partial charge in [-0.3, -0.25) is 10.1 Å². The standard InChI is InChI=1S/C8H4BrClF3NO2/c9-3-4-1-5(8(11,12)13)2-6(7(4)10)14(15)16/h1-2H,3H2. The Morgan fingerprint density at radius 2 is 2.00 bits per heavy atom. The summed E-state index contributed by atoms with van der Waals surface area (Å²) in [6, 6.07) is 1.21. The Kier molecular flexibility index (Phi) is 3.80. The molecule has 0 bridgehead atoms. The molecule has 0 fully saturated rings. The Bertz CT molecular complexity index is 436. The number of hydrogen-bond donors (Lipinski definition) is 0. The van der Waals surface area contributed by atoms with Crippen LogP contribution in [0.5, 0.6) is 0 Å². The Balaban J connectivity index is 3.46. The fraction of sp³-hybridized carbons (Fsp3) is 0.250. The molecule has 88 valence electrons. The summed E-state index contributed by atoms with van der Waals surface area (Å²) in [5.74, 6) is 0. The average molecular weight is 318 g/mol. The van der Waals surface area contributed by atoms with Crippen LogP contribution in [-0.4, -0.2) is 4.92 Å². The van der Waals surface area contributed by atoms with Gasteiger partial charge in [-0.2, -0.15) is 13.2 Å². The second kappa shape index (κ2) is 4.58. The van der Waals surface area contributed by atoms with Crippen LogP contribution in [0.1, 0.15) is 11.1 Å². The van der Waals surface area contributed by atoms with Crippen molar-refractivity contribution < 1.29 is 18.1 Å². The minimum absolute atomic E-state index is 0.0105. The van der Waals surface area contributed by atoms with E-state index < -0.39 is 22.4 Å². The van der Waals surface area contributed by atoms with Crippen LogP contribution < -0.4 is 0 Å². The van der Waals surface area contributed by atoms with Crippen LogP contribution in [0, 0.1) is 10.1 Å². The second-order valence-electron chi connectivity index (χ2n) is 2.86. The Labute approximate surface area is 101 Å². The van der Waals surface area contributed by atoms with Crippen molar-refractivity contribution >= 4 is 33.2 Å². The van der Waals surface area contributed by atoms with Crippen LogP contribution in [0.2, 0.25) is 5.02 Å². The van der Waals surface area contributed by atoms with Gasteiger partial charge in [-0.25, -0.2) is 0 Å². The Morgan fingerprint density at radius 1 is 1.44 bits per heavy atom. The first-order valence-electron chi connectivity index (χ1n) is 3.87. The number of rotatable bonds is 2. The molecule has 0 spiro atoms. The van der Waals surface area contributed by atoms with Gasteiger partial charge in [-0.1, -0.05) is 27.5 Å². The molecule has 0 amide bonds. The van der Waals surface area contributed by atoms with Crippen LogP contribution in [0.15, 0.2) is 12.1 Å². The second-order valence-corrected chi connectivity index (χ2v) is 3.80. The number of benzene rings is 1. The van der Waals surface area contributed by atoms with Gasteiger partial charge >= 0.3 is 6.18 Å². The first kappa shape index (κ1) is 13.2. The molecular formula is C8H4BrClF3NO2. The predicted molar refractivity (Wildman–Crippen MR) is 55.7 cm³/mol. The van der Waals surface area contributed by atoms with Gasteiger partial charge in [0.25, 0.3) is 5.69 Å². The van der Waals surface area contributed by atoms with Crippen molar-refractivity contribution in [1.29, 1.82) is 0 Å². The first-order chi connectivity index (χ1) is 7.27. The molecule has 1 rings (SSSR count). The lowest BCUT2D eigenvalue weighted by Gasteiger charge is -2.09. The fourth-order valence-electron chi connectivity index (χ4n) is 1.06. The zero-order valence-electron chi connectivity index (χ0n) is 7.52. The molecule has 0 saturated heterocycles. The minimum atomic E-state index is -4.63. The van der Waals surface area contributed by atoms with Crippen molar-refractivity contribution in [3.05, 3.63) is 38.4 Å². The number of halogens is 5. The van der Waals surface area contributed by atoms with E-state index >= 15 is 0 Å². The van der Waals surface area contributed by atoms with Crippen molar-refractivity contribution in [3.63, 3.8) is 0 Å². The highest BCUT2D eigenvalue weighted by Crippen LogP contribution is 2.37. The zero-order valence-corrected chi connectivity index (χ0v) is 9.86. The molecular weight excluding hydrogens is 314 g/mol. The third kappa shape index (κ3) is 2.65. The summed E-state index contributed by atoms with van der Waals surface area (Å²) in [4.78, 5) is 9.57. The molecule has 1 aromatic rings. The highest BCUT2D eigenvalue weighted by Gasteiger charge is 2.34. The summed E-state index contributed by atoms with van der Waals surface area (Å²) in [5.41, 5.74) is -1.80. The monoisotopic (exact) mass is 317 g/mol. The van der Waals surface area contributed by atoms with E-state index in [1.54, 1.807) is 0 Å². The van der Waals surface area contributed by atoms with Crippen LogP contribution in [0.3, 0.4) is 0 Å². The Hall–Kier alpha value is -0.820. The van der Waals surface area contributed by atoms with Gasteiger partial charge in [0.1, 0.15) is 5.02 Å². The molecule has 0 atom stereocenters. The van der Waals surface area contributed by atoms with Crippen molar-refractivity contribution in [2.24, 2.45) is 0 Å².